The van der Waals surface area contributed by atoms with Gasteiger partial charge >= 0.3 is 0 Å². The standard InChI is InChI=1S/C20H22FN9O/c1-11(31)26-20(2)8-12(9-20)24-19-25-18(22-3)17-16(13(21)10-30(17)28-19)14-4-5-15-23-6-7-29(15)27-14/h4-7,10,12H,8-9H2,1-3H3,(H,26,31)(H2,22,24,25,28). The van der Waals surface area contributed by atoms with Gasteiger partial charge in [0.15, 0.2) is 17.3 Å². The van der Waals surface area contributed by atoms with Gasteiger partial charge in [-0.25, -0.2) is 18.4 Å². The number of nitrogens with one attached hydrogen (secondary N) is 3. The molecule has 0 radical (unpaired) electrons. The number of aromatic nitrogens is 6. The van der Waals surface area contributed by atoms with Crippen LogP contribution in [0.1, 0.15) is 26.7 Å². The molecule has 0 unspecified atom stereocenters. The Morgan fingerprint density at radius 2 is 2.06 bits per heavy atom. The second kappa shape index (κ2) is 6.89. The lowest BCUT2D eigenvalue weighted by Crippen LogP contribution is -2.59. The normalized spacial score (nSPS) is 20.6. The average molecular weight is 423 g/mol. The van der Waals surface area contributed by atoms with Crippen LogP contribution in [-0.4, -0.2) is 53.7 Å². The van der Waals surface area contributed by atoms with E-state index in [1.165, 1.54) is 17.6 Å². The van der Waals surface area contributed by atoms with Gasteiger partial charge in [0.05, 0.1) is 17.5 Å². The van der Waals surface area contributed by atoms with E-state index in [0.29, 0.717) is 34.2 Å². The van der Waals surface area contributed by atoms with Crippen molar-refractivity contribution in [3.05, 3.63) is 36.5 Å². The molecule has 1 amide bonds. The molecule has 0 atom stereocenters. The summed E-state index contributed by atoms with van der Waals surface area (Å²) in [6.45, 7) is 3.52. The monoisotopic (exact) mass is 423 g/mol. The lowest BCUT2D eigenvalue weighted by atomic mass is 9.74. The van der Waals surface area contributed by atoms with E-state index in [0.717, 1.165) is 12.8 Å². The number of halogens is 1. The summed E-state index contributed by atoms with van der Waals surface area (Å²) in [5, 5.41) is 18.2. The minimum atomic E-state index is -0.447. The number of hydrogen-bond donors (Lipinski definition) is 3. The molecule has 0 bridgehead atoms. The molecule has 1 aliphatic rings. The number of carbonyl (C=O) groups excluding carboxylic acids is 1. The highest BCUT2D eigenvalue weighted by Crippen LogP contribution is 2.35. The largest absolute Gasteiger partial charge is 0.371 e. The third kappa shape index (κ3) is 3.31. The van der Waals surface area contributed by atoms with Crippen LogP contribution in [0.15, 0.2) is 30.7 Å². The topological polar surface area (TPSA) is 114 Å². The molecular weight excluding hydrogens is 401 g/mol. The first-order valence-corrected chi connectivity index (χ1v) is 9.98. The average Bonchev–Trinajstić information content (AvgIpc) is 3.28. The smallest absolute Gasteiger partial charge is 0.243 e. The highest BCUT2D eigenvalue weighted by Gasteiger charge is 2.41. The number of carbonyl (C=O) groups is 1. The van der Waals surface area contributed by atoms with Gasteiger partial charge in [0.1, 0.15) is 5.52 Å². The van der Waals surface area contributed by atoms with Crippen molar-refractivity contribution in [2.75, 3.05) is 17.7 Å². The molecule has 0 saturated heterocycles. The van der Waals surface area contributed by atoms with Gasteiger partial charge in [-0.2, -0.15) is 10.1 Å². The summed E-state index contributed by atoms with van der Waals surface area (Å²) in [5.74, 6) is 0.366. The molecule has 3 N–H and O–H groups in total. The molecule has 4 aromatic heterocycles. The fourth-order valence-corrected chi connectivity index (χ4v) is 4.32. The lowest BCUT2D eigenvalue weighted by molar-refractivity contribution is -0.121. The van der Waals surface area contributed by atoms with E-state index in [-0.39, 0.29) is 17.5 Å². The summed E-state index contributed by atoms with van der Waals surface area (Å²) in [4.78, 5) is 20.1. The fourth-order valence-electron chi connectivity index (χ4n) is 4.32. The van der Waals surface area contributed by atoms with E-state index in [2.05, 4.69) is 36.1 Å². The number of amides is 1. The van der Waals surface area contributed by atoms with Crippen molar-refractivity contribution in [2.24, 2.45) is 0 Å². The minimum Gasteiger partial charge on any atom is -0.371 e. The zero-order chi connectivity index (χ0) is 21.8. The zero-order valence-electron chi connectivity index (χ0n) is 17.3. The van der Waals surface area contributed by atoms with Crippen LogP contribution in [-0.2, 0) is 4.79 Å². The van der Waals surface area contributed by atoms with Gasteiger partial charge in [0, 0.05) is 37.9 Å². The van der Waals surface area contributed by atoms with E-state index in [4.69, 9.17) is 0 Å². The van der Waals surface area contributed by atoms with Crippen LogP contribution in [0.2, 0.25) is 0 Å². The van der Waals surface area contributed by atoms with Crippen molar-refractivity contribution in [3.8, 4) is 11.3 Å². The molecule has 4 aromatic rings. The molecule has 0 aromatic carbocycles. The van der Waals surface area contributed by atoms with Crippen LogP contribution in [0, 0.1) is 5.82 Å². The number of imidazole rings is 1. The summed E-state index contributed by atoms with van der Waals surface area (Å²) in [5.41, 5.74) is 1.71. The van der Waals surface area contributed by atoms with Crippen LogP contribution in [0.3, 0.4) is 0 Å². The Morgan fingerprint density at radius 3 is 2.81 bits per heavy atom. The van der Waals surface area contributed by atoms with E-state index >= 15 is 0 Å². The number of rotatable bonds is 5. The van der Waals surface area contributed by atoms with Crippen LogP contribution in [0.25, 0.3) is 22.4 Å². The third-order valence-corrected chi connectivity index (χ3v) is 5.54. The van der Waals surface area contributed by atoms with Crippen molar-refractivity contribution >= 4 is 28.8 Å². The first-order valence-electron chi connectivity index (χ1n) is 9.98. The quantitative estimate of drug-likeness (QED) is 0.450. The number of hydrogen-bond acceptors (Lipinski definition) is 7. The van der Waals surface area contributed by atoms with Gasteiger partial charge in [0.2, 0.25) is 11.9 Å². The Bertz CT molecular complexity index is 1300. The summed E-state index contributed by atoms with van der Waals surface area (Å²) in [6.07, 6.45) is 6.17. The summed E-state index contributed by atoms with van der Waals surface area (Å²) in [7, 11) is 1.73. The van der Waals surface area contributed by atoms with E-state index in [1.807, 2.05) is 6.92 Å². The number of nitrogens with zero attached hydrogens (tertiary/aromatic N) is 6. The Labute approximate surface area is 176 Å². The highest BCUT2D eigenvalue weighted by atomic mass is 19.1. The Kier molecular flexibility index (Phi) is 4.27. The van der Waals surface area contributed by atoms with E-state index in [1.54, 1.807) is 36.1 Å². The molecular formula is C20H22FN9O. The predicted molar refractivity (Wildman–Crippen MR) is 113 cm³/mol. The van der Waals surface area contributed by atoms with Gasteiger partial charge in [-0.15, -0.1) is 5.10 Å². The molecule has 1 aliphatic carbocycles. The Morgan fingerprint density at radius 1 is 1.26 bits per heavy atom. The second-order valence-electron chi connectivity index (χ2n) is 8.12. The fraction of sp³-hybridized carbons (Fsp3) is 0.350. The molecule has 10 nitrogen and oxygen atoms in total. The maximum Gasteiger partial charge on any atom is 0.243 e. The van der Waals surface area contributed by atoms with E-state index < -0.39 is 5.82 Å². The lowest BCUT2D eigenvalue weighted by Gasteiger charge is -2.45. The van der Waals surface area contributed by atoms with Crippen molar-refractivity contribution in [1.29, 1.82) is 0 Å². The third-order valence-electron chi connectivity index (χ3n) is 5.54. The molecule has 5 rings (SSSR count). The molecule has 0 aliphatic heterocycles. The van der Waals surface area contributed by atoms with Crippen LogP contribution in [0.4, 0.5) is 16.2 Å². The zero-order valence-corrected chi connectivity index (χ0v) is 17.3. The SMILES string of the molecule is CNc1nc(NC2CC(C)(NC(C)=O)C2)nn2cc(F)c(-c3ccc4nccn4n3)c12. The Balaban J connectivity index is 1.48. The predicted octanol–water partition coefficient (Wildman–Crippen LogP) is 2.09. The van der Waals surface area contributed by atoms with Gasteiger partial charge in [-0.3, -0.25) is 4.79 Å². The van der Waals surface area contributed by atoms with Crippen LogP contribution in [0.5, 0.6) is 0 Å². The molecule has 1 saturated carbocycles. The maximum atomic E-state index is 15.0. The highest BCUT2D eigenvalue weighted by molar-refractivity contribution is 5.88. The summed E-state index contributed by atoms with van der Waals surface area (Å²) >= 11 is 0. The van der Waals surface area contributed by atoms with Crippen LogP contribution < -0.4 is 16.0 Å². The number of anilines is 2. The van der Waals surface area contributed by atoms with Crippen molar-refractivity contribution in [1.82, 2.24) is 34.5 Å². The van der Waals surface area contributed by atoms with Crippen molar-refractivity contribution in [3.63, 3.8) is 0 Å². The summed E-state index contributed by atoms with van der Waals surface area (Å²) in [6, 6.07) is 3.62. The molecule has 1 fully saturated rings. The molecule has 31 heavy (non-hydrogen) atoms. The molecule has 11 heteroatoms. The van der Waals surface area contributed by atoms with Crippen molar-refractivity contribution < 1.29 is 9.18 Å². The van der Waals surface area contributed by atoms with Crippen molar-refractivity contribution in [2.45, 2.75) is 38.3 Å². The molecule has 0 spiro atoms. The first kappa shape index (κ1) is 19.2. The van der Waals surface area contributed by atoms with Gasteiger partial charge in [0.25, 0.3) is 0 Å². The second-order valence-corrected chi connectivity index (χ2v) is 8.12. The molecule has 160 valence electrons. The molecule has 4 heterocycles. The Hall–Kier alpha value is -3.76. The first-order chi connectivity index (χ1) is 14.8. The van der Waals surface area contributed by atoms with Gasteiger partial charge in [-0.1, -0.05) is 0 Å². The summed E-state index contributed by atoms with van der Waals surface area (Å²) < 4.78 is 18.0. The van der Waals surface area contributed by atoms with Gasteiger partial charge in [-0.05, 0) is 31.9 Å². The minimum absolute atomic E-state index is 0.0473. The van der Waals surface area contributed by atoms with Crippen LogP contribution >= 0.6 is 0 Å². The van der Waals surface area contributed by atoms with E-state index in [9.17, 15) is 9.18 Å². The van der Waals surface area contributed by atoms with Gasteiger partial charge < -0.3 is 16.0 Å². The number of fused-ring (bicyclic) bond motifs is 2. The maximum absolute atomic E-state index is 15.0.